The number of nitrogens with one attached hydrogen (secondary N) is 2. The van der Waals surface area contributed by atoms with E-state index in [0.717, 1.165) is 28.5 Å². The zero-order valence-electron chi connectivity index (χ0n) is 18.4. The minimum absolute atomic E-state index is 0.0126. The fourth-order valence-electron chi connectivity index (χ4n) is 4.14. The predicted octanol–water partition coefficient (Wildman–Crippen LogP) is 3.59. The lowest BCUT2D eigenvalue weighted by Crippen LogP contribution is -2.42. The Labute approximate surface area is 197 Å². The summed E-state index contributed by atoms with van der Waals surface area (Å²) in [7, 11) is -3.41. The number of rotatable bonds is 8. The van der Waals surface area contributed by atoms with E-state index in [1.54, 1.807) is 12.1 Å². The highest BCUT2D eigenvalue weighted by Crippen LogP contribution is 2.44. The molecule has 0 unspecified atom stereocenters. The first-order valence-electron chi connectivity index (χ1n) is 10.6. The fraction of sp³-hybridized carbons (Fsp3) is 0.200. The van der Waals surface area contributed by atoms with Crippen molar-refractivity contribution in [3.05, 3.63) is 89.5 Å². The molecule has 4 rings (SSSR count). The van der Waals surface area contributed by atoms with Crippen molar-refractivity contribution in [2.45, 2.75) is 18.4 Å². The molecule has 0 aliphatic heterocycles. The number of carboxylic acids is 1. The van der Waals surface area contributed by atoms with Crippen LogP contribution in [-0.2, 0) is 26.0 Å². The molecule has 3 aromatic carbocycles. The van der Waals surface area contributed by atoms with E-state index in [2.05, 4.69) is 10.0 Å². The molecule has 1 aliphatic rings. The van der Waals surface area contributed by atoms with Crippen LogP contribution in [0.4, 0.5) is 10.5 Å². The minimum atomic E-state index is -3.41. The van der Waals surface area contributed by atoms with Gasteiger partial charge >= 0.3 is 12.1 Å². The van der Waals surface area contributed by atoms with Crippen LogP contribution in [0, 0.1) is 0 Å². The number of carboxylic acid groups (broad SMARTS) is 1. The zero-order chi connectivity index (χ0) is 24.3. The van der Waals surface area contributed by atoms with E-state index >= 15 is 0 Å². The Morgan fingerprint density at radius 2 is 1.50 bits per heavy atom. The van der Waals surface area contributed by atoms with Gasteiger partial charge in [-0.05, 0) is 39.9 Å². The van der Waals surface area contributed by atoms with Crippen molar-refractivity contribution in [2.75, 3.05) is 17.6 Å². The molecule has 9 heteroatoms. The predicted molar refractivity (Wildman–Crippen MR) is 128 cm³/mol. The van der Waals surface area contributed by atoms with Crippen LogP contribution in [0.3, 0.4) is 0 Å². The molecule has 0 bridgehead atoms. The standard InChI is InChI=1S/C25H24N2O6S/c1-34(31,32)27-17-12-10-16(11-13-17)14-23(24(28)29)26-25(30)33-15-22-20-8-4-2-6-18(20)19-7-3-5-9-21(19)22/h2-13,22-23,27H,14-15H2,1H3,(H,26,30)(H,28,29)/t23-/m0/s1. The Kier molecular flexibility index (Phi) is 6.56. The molecule has 8 nitrogen and oxygen atoms in total. The normalized spacial score (nSPS) is 13.4. The summed E-state index contributed by atoms with van der Waals surface area (Å²) >= 11 is 0. The minimum Gasteiger partial charge on any atom is -0.480 e. The first-order chi connectivity index (χ1) is 16.2. The lowest BCUT2D eigenvalue weighted by atomic mass is 9.98. The van der Waals surface area contributed by atoms with Gasteiger partial charge in [0.05, 0.1) is 6.26 Å². The highest BCUT2D eigenvalue weighted by atomic mass is 32.2. The molecule has 0 aromatic heterocycles. The van der Waals surface area contributed by atoms with Crippen molar-refractivity contribution in [1.29, 1.82) is 0 Å². The second kappa shape index (κ2) is 9.56. The number of benzene rings is 3. The van der Waals surface area contributed by atoms with Crippen molar-refractivity contribution in [2.24, 2.45) is 0 Å². The lowest BCUT2D eigenvalue weighted by Gasteiger charge is -2.17. The number of ether oxygens (including phenoxy) is 1. The Balaban J connectivity index is 1.39. The van der Waals surface area contributed by atoms with E-state index in [-0.39, 0.29) is 18.9 Å². The molecule has 0 heterocycles. The van der Waals surface area contributed by atoms with Crippen LogP contribution in [0.15, 0.2) is 72.8 Å². The Morgan fingerprint density at radius 3 is 2.03 bits per heavy atom. The van der Waals surface area contributed by atoms with Crippen molar-refractivity contribution in [1.82, 2.24) is 5.32 Å². The van der Waals surface area contributed by atoms with E-state index in [1.165, 1.54) is 12.1 Å². The van der Waals surface area contributed by atoms with Crippen LogP contribution in [0.25, 0.3) is 11.1 Å². The third kappa shape index (κ3) is 5.37. The molecule has 0 saturated heterocycles. The van der Waals surface area contributed by atoms with Gasteiger partial charge in [-0.2, -0.15) is 0 Å². The van der Waals surface area contributed by atoms with Crippen molar-refractivity contribution in [3.63, 3.8) is 0 Å². The average Bonchev–Trinajstić information content (AvgIpc) is 3.11. The highest BCUT2D eigenvalue weighted by molar-refractivity contribution is 7.92. The first kappa shape index (κ1) is 23.3. The number of fused-ring (bicyclic) bond motifs is 3. The number of anilines is 1. The van der Waals surface area contributed by atoms with E-state index in [1.807, 2.05) is 48.5 Å². The Hall–Kier alpha value is -3.85. The summed E-state index contributed by atoms with van der Waals surface area (Å²) in [4.78, 5) is 24.2. The second-order valence-electron chi connectivity index (χ2n) is 8.14. The van der Waals surface area contributed by atoms with Gasteiger partial charge in [-0.15, -0.1) is 0 Å². The number of amides is 1. The number of alkyl carbamates (subject to hydrolysis) is 1. The number of hydrogen-bond donors (Lipinski definition) is 3. The molecular weight excluding hydrogens is 456 g/mol. The van der Waals surface area contributed by atoms with Gasteiger partial charge in [0, 0.05) is 18.0 Å². The quantitative estimate of drug-likeness (QED) is 0.453. The Morgan fingerprint density at radius 1 is 0.941 bits per heavy atom. The highest BCUT2D eigenvalue weighted by Gasteiger charge is 2.29. The van der Waals surface area contributed by atoms with Gasteiger partial charge in [0.2, 0.25) is 10.0 Å². The number of sulfonamides is 1. The van der Waals surface area contributed by atoms with Crippen LogP contribution in [-0.4, -0.2) is 44.5 Å². The molecule has 0 radical (unpaired) electrons. The summed E-state index contributed by atoms with van der Waals surface area (Å²) in [6.45, 7) is 0.0814. The molecule has 0 spiro atoms. The SMILES string of the molecule is CS(=O)(=O)Nc1ccc(C[C@H](NC(=O)OCC2c3ccccc3-c3ccccc32)C(=O)O)cc1. The molecule has 0 fully saturated rings. The maximum atomic E-state index is 12.5. The Bertz CT molecular complexity index is 1280. The lowest BCUT2D eigenvalue weighted by molar-refractivity contribution is -0.139. The van der Waals surface area contributed by atoms with Crippen LogP contribution in [0.2, 0.25) is 0 Å². The maximum absolute atomic E-state index is 12.5. The summed E-state index contributed by atoms with van der Waals surface area (Å²) in [5.41, 5.74) is 5.31. The smallest absolute Gasteiger partial charge is 0.407 e. The summed E-state index contributed by atoms with van der Waals surface area (Å²) in [6.07, 6.45) is 0.239. The second-order valence-corrected chi connectivity index (χ2v) is 9.88. The average molecular weight is 481 g/mol. The van der Waals surface area contributed by atoms with Gasteiger partial charge in [0.15, 0.2) is 0 Å². The molecule has 3 N–H and O–H groups in total. The van der Waals surface area contributed by atoms with Crippen molar-refractivity contribution < 1.29 is 27.9 Å². The van der Waals surface area contributed by atoms with Crippen LogP contribution in [0.1, 0.15) is 22.6 Å². The molecule has 1 aliphatic carbocycles. The number of carbonyl (C=O) groups excluding carboxylic acids is 1. The number of carbonyl (C=O) groups is 2. The van der Waals surface area contributed by atoms with Gasteiger partial charge in [-0.25, -0.2) is 18.0 Å². The number of aliphatic carboxylic acids is 1. The van der Waals surface area contributed by atoms with Crippen molar-refractivity contribution in [3.8, 4) is 11.1 Å². The number of hydrogen-bond acceptors (Lipinski definition) is 5. The van der Waals surface area contributed by atoms with Gasteiger partial charge in [-0.1, -0.05) is 60.7 Å². The van der Waals surface area contributed by atoms with E-state index in [4.69, 9.17) is 4.74 Å². The first-order valence-corrected chi connectivity index (χ1v) is 12.5. The third-order valence-corrected chi connectivity index (χ3v) is 6.24. The van der Waals surface area contributed by atoms with Crippen LogP contribution in [0.5, 0.6) is 0 Å². The summed E-state index contributed by atoms with van der Waals surface area (Å²) in [6, 6.07) is 20.9. The maximum Gasteiger partial charge on any atom is 0.407 e. The van der Waals surface area contributed by atoms with E-state index in [0.29, 0.717) is 11.3 Å². The molecule has 1 amide bonds. The molecule has 176 valence electrons. The zero-order valence-corrected chi connectivity index (χ0v) is 19.2. The summed E-state index contributed by atoms with van der Waals surface area (Å²) in [5.74, 6) is -1.33. The van der Waals surface area contributed by atoms with Gasteiger partial charge < -0.3 is 15.2 Å². The van der Waals surface area contributed by atoms with E-state index < -0.39 is 28.1 Å². The molecule has 3 aromatic rings. The largest absolute Gasteiger partial charge is 0.480 e. The van der Waals surface area contributed by atoms with Gasteiger partial charge in [0.1, 0.15) is 12.6 Å². The summed E-state index contributed by atoms with van der Waals surface area (Å²) in [5, 5.41) is 12.0. The van der Waals surface area contributed by atoms with Gasteiger partial charge in [0.25, 0.3) is 0 Å². The fourth-order valence-corrected chi connectivity index (χ4v) is 4.71. The van der Waals surface area contributed by atoms with E-state index in [9.17, 15) is 23.1 Å². The van der Waals surface area contributed by atoms with Crippen LogP contribution >= 0.6 is 0 Å². The summed E-state index contributed by atoms with van der Waals surface area (Å²) < 4.78 is 30.4. The van der Waals surface area contributed by atoms with Crippen molar-refractivity contribution >= 4 is 27.8 Å². The topological polar surface area (TPSA) is 122 Å². The molecule has 0 saturated carbocycles. The van der Waals surface area contributed by atoms with Crippen LogP contribution < -0.4 is 10.0 Å². The molecular formula is C25H24N2O6S. The third-order valence-electron chi connectivity index (χ3n) is 5.63. The molecule has 34 heavy (non-hydrogen) atoms. The van der Waals surface area contributed by atoms with Gasteiger partial charge in [-0.3, -0.25) is 4.72 Å². The molecule has 1 atom stereocenters. The monoisotopic (exact) mass is 480 g/mol.